The van der Waals surface area contributed by atoms with E-state index < -0.39 is 0 Å². The van der Waals surface area contributed by atoms with Gasteiger partial charge in [0.05, 0.1) is 11.9 Å². The maximum atomic E-state index is 12.3. The molecule has 0 radical (unpaired) electrons. The number of likely N-dealkylation sites (tertiary alicyclic amines) is 1. The Bertz CT molecular complexity index is 767. The summed E-state index contributed by atoms with van der Waals surface area (Å²) in [6, 6.07) is 0. The van der Waals surface area contributed by atoms with E-state index in [-0.39, 0.29) is 17.7 Å². The van der Waals surface area contributed by atoms with Crippen molar-refractivity contribution in [1.29, 1.82) is 0 Å². The Labute approximate surface area is 148 Å². The highest BCUT2D eigenvalue weighted by Crippen LogP contribution is 2.34. The average molecular weight is 342 g/mol. The molecule has 3 rings (SSSR count). The van der Waals surface area contributed by atoms with Crippen molar-refractivity contribution in [3.8, 4) is 11.1 Å². The lowest BCUT2D eigenvalue weighted by Crippen LogP contribution is -2.32. The number of rotatable bonds is 4. The number of amides is 1. The minimum absolute atomic E-state index is 0.0271. The van der Waals surface area contributed by atoms with E-state index in [1.807, 2.05) is 63.4 Å². The third-order valence-electron chi connectivity index (χ3n) is 4.60. The van der Waals surface area contributed by atoms with Crippen molar-refractivity contribution < 1.29 is 4.79 Å². The smallest absolute Gasteiger partial charge is 0.225 e. The van der Waals surface area contributed by atoms with Gasteiger partial charge in [0.25, 0.3) is 0 Å². The molecule has 134 valence electrons. The van der Waals surface area contributed by atoms with Crippen LogP contribution < -0.4 is 4.90 Å². The Morgan fingerprint density at radius 2 is 2.08 bits per heavy atom. The molecule has 1 fully saturated rings. The highest BCUT2D eigenvalue weighted by molar-refractivity contribution is 5.78. The standard InChI is InChI=1S/C18H26N6O/c1-12(2)17(25)24-7-6-13(11-24)16-15(14-8-20-23(5)10-14)9-19-18(21-16)22(3)4/h8-10,12-13H,6-7,11H2,1-5H3/t13-/m0/s1. The van der Waals surface area contributed by atoms with Gasteiger partial charge in [-0.1, -0.05) is 13.8 Å². The van der Waals surface area contributed by atoms with E-state index >= 15 is 0 Å². The van der Waals surface area contributed by atoms with Crippen molar-refractivity contribution in [2.45, 2.75) is 26.2 Å². The summed E-state index contributed by atoms with van der Waals surface area (Å²) < 4.78 is 1.78. The van der Waals surface area contributed by atoms with Gasteiger partial charge in [0.15, 0.2) is 0 Å². The van der Waals surface area contributed by atoms with E-state index in [0.717, 1.165) is 29.8 Å². The molecule has 7 nitrogen and oxygen atoms in total. The van der Waals surface area contributed by atoms with E-state index in [4.69, 9.17) is 4.98 Å². The van der Waals surface area contributed by atoms with Gasteiger partial charge in [0, 0.05) is 69.6 Å². The summed E-state index contributed by atoms with van der Waals surface area (Å²) >= 11 is 0. The Morgan fingerprint density at radius 3 is 2.68 bits per heavy atom. The summed E-state index contributed by atoms with van der Waals surface area (Å²) in [6.45, 7) is 5.40. The van der Waals surface area contributed by atoms with E-state index in [9.17, 15) is 4.79 Å². The van der Waals surface area contributed by atoms with Crippen LogP contribution in [0.15, 0.2) is 18.6 Å². The zero-order valence-electron chi connectivity index (χ0n) is 15.6. The number of aryl methyl sites for hydroxylation is 1. The van der Waals surface area contributed by atoms with Crippen molar-refractivity contribution in [3.63, 3.8) is 0 Å². The fourth-order valence-electron chi connectivity index (χ4n) is 3.24. The predicted octanol–water partition coefficient (Wildman–Crippen LogP) is 1.91. The van der Waals surface area contributed by atoms with Crippen LogP contribution >= 0.6 is 0 Å². The van der Waals surface area contributed by atoms with Crippen LogP contribution in [0.4, 0.5) is 5.95 Å². The van der Waals surface area contributed by atoms with E-state index in [1.54, 1.807) is 4.68 Å². The van der Waals surface area contributed by atoms with Gasteiger partial charge in [-0.25, -0.2) is 9.97 Å². The summed E-state index contributed by atoms with van der Waals surface area (Å²) in [5, 5.41) is 4.27. The SMILES string of the molecule is CC(C)C(=O)N1CC[C@H](c2nc(N(C)C)ncc2-c2cnn(C)c2)C1. The fourth-order valence-corrected chi connectivity index (χ4v) is 3.24. The quantitative estimate of drug-likeness (QED) is 0.849. The molecule has 0 spiro atoms. The lowest BCUT2D eigenvalue weighted by atomic mass is 9.97. The summed E-state index contributed by atoms with van der Waals surface area (Å²) in [5.41, 5.74) is 3.02. The number of aromatic nitrogens is 4. The Balaban J connectivity index is 1.96. The number of hydrogen-bond acceptors (Lipinski definition) is 5. The van der Waals surface area contributed by atoms with Crippen LogP contribution in [0.3, 0.4) is 0 Å². The molecule has 2 aromatic heterocycles. The first kappa shape index (κ1) is 17.4. The van der Waals surface area contributed by atoms with Crippen LogP contribution in [-0.4, -0.2) is 57.7 Å². The van der Waals surface area contributed by atoms with E-state index in [2.05, 4.69) is 10.1 Å². The normalized spacial score (nSPS) is 17.4. The number of anilines is 1. The van der Waals surface area contributed by atoms with Gasteiger partial charge < -0.3 is 9.80 Å². The third kappa shape index (κ3) is 3.50. The van der Waals surface area contributed by atoms with Crippen LogP contribution in [0.1, 0.15) is 31.9 Å². The summed E-state index contributed by atoms with van der Waals surface area (Å²) in [7, 11) is 5.77. The molecule has 2 aromatic rings. The minimum Gasteiger partial charge on any atom is -0.347 e. The molecule has 0 unspecified atom stereocenters. The summed E-state index contributed by atoms with van der Waals surface area (Å²) in [6.07, 6.45) is 6.62. The van der Waals surface area contributed by atoms with Crippen molar-refractivity contribution in [1.82, 2.24) is 24.6 Å². The predicted molar refractivity (Wildman–Crippen MR) is 97.3 cm³/mol. The Morgan fingerprint density at radius 1 is 1.32 bits per heavy atom. The molecule has 0 aromatic carbocycles. The first-order valence-corrected chi connectivity index (χ1v) is 8.69. The first-order chi connectivity index (χ1) is 11.9. The highest BCUT2D eigenvalue weighted by atomic mass is 16.2. The minimum atomic E-state index is 0.0271. The van der Waals surface area contributed by atoms with Crippen molar-refractivity contribution in [3.05, 3.63) is 24.3 Å². The lowest BCUT2D eigenvalue weighted by Gasteiger charge is -2.20. The monoisotopic (exact) mass is 342 g/mol. The van der Waals surface area contributed by atoms with Crippen LogP contribution in [-0.2, 0) is 11.8 Å². The largest absolute Gasteiger partial charge is 0.347 e. The molecular formula is C18H26N6O. The summed E-state index contributed by atoms with van der Waals surface area (Å²) in [4.78, 5) is 25.5. The van der Waals surface area contributed by atoms with Gasteiger partial charge >= 0.3 is 0 Å². The topological polar surface area (TPSA) is 67.2 Å². The van der Waals surface area contributed by atoms with E-state index in [0.29, 0.717) is 12.5 Å². The number of carbonyl (C=O) groups excluding carboxylic acids is 1. The maximum Gasteiger partial charge on any atom is 0.225 e. The van der Waals surface area contributed by atoms with E-state index in [1.165, 1.54) is 0 Å². The molecule has 25 heavy (non-hydrogen) atoms. The molecule has 0 bridgehead atoms. The second kappa shape index (κ2) is 6.82. The van der Waals surface area contributed by atoms with Crippen molar-refractivity contribution in [2.75, 3.05) is 32.1 Å². The van der Waals surface area contributed by atoms with Gasteiger partial charge in [0.2, 0.25) is 11.9 Å². The number of hydrogen-bond donors (Lipinski definition) is 0. The van der Waals surface area contributed by atoms with Crippen LogP contribution in [0, 0.1) is 5.92 Å². The van der Waals surface area contributed by atoms with Gasteiger partial charge in [-0.05, 0) is 6.42 Å². The molecular weight excluding hydrogens is 316 g/mol. The van der Waals surface area contributed by atoms with Crippen LogP contribution in [0.5, 0.6) is 0 Å². The van der Waals surface area contributed by atoms with Crippen LogP contribution in [0.25, 0.3) is 11.1 Å². The number of nitrogens with zero attached hydrogens (tertiary/aromatic N) is 6. The van der Waals surface area contributed by atoms with Crippen molar-refractivity contribution in [2.24, 2.45) is 13.0 Å². The van der Waals surface area contributed by atoms with Gasteiger partial charge in [-0.3, -0.25) is 9.48 Å². The lowest BCUT2D eigenvalue weighted by molar-refractivity contribution is -0.133. The molecule has 1 aliphatic rings. The molecule has 1 saturated heterocycles. The molecule has 0 aliphatic carbocycles. The van der Waals surface area contributed by atoms with Crippen LogP contribution in [0.2, 0.25) is 0 Å². The second-order valence-electron chi connectivity index (χ2n) is 7.19. The van der Waals surface area contributed by atoms with Gasteiger partial charge in [0.1, 0.15) is 0 Å². The molecule has 3 heterocycles. The fraction of sp³-hybridized carbons (Fsp3) is 0.556. The first-order valence-electron chi connectivity index (χ1n) is 8.69. The zero-order chi connectivity index (χ0) is 18.1. The van der Waals surface area contributed by atoms with Gasteiger partial charge in [-0.15, -0.1) is 0 Å². The molecule has 0 saturated carbocycles. The number of carbonyl (C=O) groups is 1. The summed E-state index contributed by atoms with van der Waals surface area (Å²) in [5.74, 6) is 1.16. The third-order valence-corrected chi connectivity index (χ3v) is 4.60. The molecule has 7 heteroatoms. The Hall–Kier alpha value is -2.44. The molecule has 1 atom stereocenters. The second-order valence-corrected chi connectivity index (χ2v) is 7.19. The Kier molecular flexibility index (Phi) is 4.74. The van der Waals surface area contributed by atoms with Crippen molar-refractivity contribution >= 4 is 11.9 Å². The molecule has 1 amide bonds. The molecule has 0 N–H and O–H groups in total. The van der Waals surface area contributed by atoms with Gasteiger partial charge in [-0.2, -0.15) is 5.10 Å². The molecule has 1 aliphatic heterocycles. The highest BCUT2D eigenvalue weighted by Gasteiger charge is 2.31. The average Bonchev–Trinajstić information content (AvgIpc) is 3.22. The maximum absolute atomic E-state index is 12.3. The zero-order valence-corrected chi connectivity index (χ0v) is 15.6.